The molecule has 0 heterocycles. The lowest BCUT2D eigenvalue weighted by Gasteiger charge is -2.17. The summed E-state index contributed by atoms with van der Waals surface area (Å²) < 4.78 is 5.56. The van der Waals surface area contributed by atoms with Gasteiger partial charge in [-0.25, -0.2) is 0 Å². The van der Waals surface area contributed by atoms with Crippen LogP contribution in [0.4, 0.5) is 0 Å². The first-order valence-electron chi connectivity index (χ1n) is 6.22. The molecule has 0 aliphatic rings. The Morgan fingerprint density at radius 2 is 2.10 bits per heavy atom. The van der Waals surface area contributed by atoms with Crippen LogP contribution in [0, 0.1) is 6.92 Å². The molecule has 6 heteroatoms. The van der Waals surface area contributed by atoms with E-state index < -0.39 is 5.97 Å². The lowest BCUT2D eigenvalue weighted by molar-refractivity contribution is -0.133. The number of hydrogen-bond acceptors (Lipinski definition) is 4. The van der Waals surface area contributed by atoms with Gasteiger partial charge in [-0.2, -0.15) is 0 Å². The summed E-state index contributed by atoms with van der Waals surface area (Å²) in [7, 11) is 1.68. The van der Waals surface area contributed by atoms with Crippen molar-refractivity contribution in [1.82, 2.24) is 4.90 Å². The standard InChI is InChI=1S/C14H19NO4S/c1-11-4-3-5-12(8-11)19-7-6-15(2)13(16)9-20-10-14(17)18/h3-5,8H,6-7,9-10H2,1-2H3,(H,17,18). The Morgan fingerprint density at radius 3 is 2.75 bits per heavy atom. The normalized spacial score (nSPS) is 10.1. The summed E-state index contributed by atoms with van der Waals surface area (Å²) in [6.45, 7) is 2.87. The molecule has 20 heavy (non-hydrogen) atoms. The van der Waals surface area contributed by atoms with Gasteiger partial charge in [-0.15, -0.1) is 11.8 Å². The molecule has 5 nitrogen and oxygen atoms in total. The number of rotatable bonds is 8. The maximum absolute atomic E-state index is 11.7. The number of carbonyl (C=O) groups excluding carboxylic acids is 1. The summed E-state index contributed by atoms with van der Waals surface area (Å²) in [5.41, 5.74) is 1.12. The molecule has 0 bridgehead atoms. The second kappa shape index (κ2) is 8.47. The predicted molar refractivity (Wildman–Crippen MR) is 79.3 cm³/mol. The van der Waals surface area contributed by atoms with Gasteiger partial charge in [0.05, 0.1) is 18.1 Å². The lowest BCUT2D eigenvalue weighted by atomic mass is 10.2. The highest BCUT2D eigenvalue weighted by Gasteiger charge is 2.09. The molecule has 0 saturated carbocycles. The lowest BCUT2D eigenvalue weighted by Crippen LogP contribution is -2.32. The van der Waals surface area contributed by atoms with Crippen LogP contribution in [0.1, 0.15) is 5.56 Å². The Kier molecular flexibility index (Phi) is 6.93. The van der Waals surface area contributed by atoms with Crippen LogP contribution in [0.2, 0.25) is 0 Å². The average molecular weight is 297 g/mol. The minimum atomic E-state index is -0.909. The number of ether oxygens (including phenoxy) is 1. The van der Waals surface area contributed by atoms with Crippen molar-refractivity contribution in [3.63, 3.8) is 0 Å². The first-order valence-corrected chi connectivity index (χ1v) is 7.37. The fraction of sp³-hybridized carbons (Fsp3) is 0.429. The largest absolute Gasteiger partial charge is 0.492 e. The second-order valence-electron chi connectivity index (χ2n) is 4.37. The first-order chi connectivity index (χ1) is 9.49. The second-order valence-corrected chi connectivity index (χ2v) is 5.35. The van der Waals surface area contributed by atoms with Gasteiger partial charge in [0.1, 0.15) is 12.4 Å². The van der Waals surface area contributed by atoms with Gasteiger partial charge in [0.15, 0.2) is 0 Å². The Bertz CT molecular complexity index is 464. The van der Waals surface area contributed by atoms with E-state index in [2.05, 4.69) is 0 Å². The highest BCUT2D eigenvalue weighted by atomic mass is 32.2. The maximum Gasteiger partial charge on any atom is 0.313 e. The number of benzene rings is 1. The Labute approximate surface area is 122 Å². The molecule has 110 valence electrons. The zero-order valence-electron chi connectivity index (χ0n) is 11.7. The highest BCUT2D eigenvalue weighted by Crippen LogP contribution is 2.12. The van der Waals surface area contributed by atoms with Crippen LogP contribution in [0.5, 0.6) is 5.75 Å². The molecule has 1 aromatic carbocycles. The van der Waals surface area contributed by atoms with Crippen molar-refractivity contribution in [2.45, 2.75) is 6.92 Å². The maximum atomic E-state index is 11.7. The van der Waals surface area contributed by atoms with Crippen molar-refractivity contribution in [1.29, 1.82) is 0 Å². The minimum Gasteiger partial charge on any atom is -0.492 e. The van der Waals surface area contributed by atoms with Gasteiger partial charge >= 0.3 is 5.97 Å². The van der Waals surface area contributed by atoms with Crippen LogP contribution in [0.25, 0.3) is 0 Å². The van der Waals surface area contributed by atoms with Crippen molar-refractivity contribution in [3.05, 3.63) is 29.8 Å². The third kappa shape index (κ3) is 6.47. The number of likely N-dealkylation sites (N-methyl/N-ethyl adjacent to an activating group) is 1. The van der Waals surface area contributed by atoms with Gasteiger partial charge in [0, 0.05) is 7.05 Å². The first kappa shape index (κ1) is 16.4. The van der Waals surface area contributed by atoms with Crippen molar-refractivity contribution in [3.8, 4) is 5.75 Å². The number of carboxylic acid groups (broad SMARTS) is 1. The van der Waals surface area contributed by atoms with E-state index in [1.54, 1.807) is 11.9 Å². The highest BCUT2D eigenvalue weighted by molar-refractivity contribution is 8.00. The van der Waals surface area contributed by atoms with Crippen molar-refractivity contribution < 1.29 is 19.4 Å². The van der Waals surface area contributed by atoms with E-state index in [0.29, 0.717) is 13.2 Å². The summed E-state index contributed by atoms with van der Waals surface area (Å²) in [5, 5.41) is 8.49. The number of hydrogen-bond donors (Lipinski definition) is 1. The van der Waals surface area contributed by atoms with E-state index in [-0.39, 0.29) is 17.4 Å². The van der Waals surface area contributed by atoms with E-state index in [1.165, 1.54) is 0 Å². The number of carbonyl (C=O) groups is 2. The summed E-state index contributed by atoms with van der Waals surface area (Å²) in [6.07, 6.45) is 0. The van der Waals surface area contributed by atoms with Crippen LogP contribution < -0.4 is 4.74 Å². The van der Waals surface area contributed by atoms with Crippen LogP contribution in [0.15, 0.2) is 24.3 Å². The molecule has 0 saturated heterocycles. The Hall–Kier alpha value is -1.69. The van der Waals surface area contributed by atoms with Gasteiger partial charge in [0.2, 0.25) is 5.91 Å². The molecule has 0 aliphatic carbocycles. The van der Waals surface area contributed by atoms with E-state index in [9.17, 15) is 9.59 Å². The monoisotopic (exact) mass is 297 g/mol. The quantitative estimate of drug-likeness (QED) is 0.790. The van der Waals surface area contributed by atoms with E-state index in [1.807, 2.05) is 31.2 Å². The molecule has 0 atom stereocenters. The van der Waals surface area contributed by atoms with E-state index in [4.69, 9.17) is 9.84 Å². The topological polar surface area (TPSA) is 66.8 Å². The van der Waals surface area contributed by atoms with Gasteiger partial charge < -0.3 is 14.7 Å². The molecule has 0 fully saturated rings. The summed E-state index contributed by atoms with van der Waals surface area (Å²) >= 11 is 1.10. The number of nitrogens with zero attached hydrogens (tertiary/aromatic N) is 1. The number of aliphatic carboxylic acids is 1. The van der Waals surface area contributed by atoms with Gasteiger partial charge in [-0.3, -0.25) is 9.59 Å². The van der Waals surface area contributed by atoms with Gasteiger partial charge in [-0.1, -0.05) is 12.1 Å². The van der Waals surface area contributed by atoms with Crippen LogP contribution in [-0.2, 0) is 9.59 Å². The fourth-order valence-corrected chi connectivity index (χ4v) is 2.14. The van der Waals surface area contributed by atoms with E-state index in [0.717, 1.165) is 23.1 Å². The number of carboxylic acids is 1. The number of thioether (sulfide) groups is 1. The van der Waals surface area contributed by atoms with Crippen molar-refractivity contribution in [2.24, 2.45) is 0 Å². The predicted octanol–water partition coefficient (Wildman–Crippen LogP) is 1.65. The SMILES string of the molecule is Cc1cccc(OCCN(C)C(=O)CSCC(=O)O)c1. The van der Waals surface area contributed by atoms with Crippen LogP contribution in [-0.4, -0.2) is 53.6 Å². The fourth-order valence-electron chi connectivity index (χ4n) is 1.47. The Balaban J connectivity index is 2.23. The smallest absolute Gasteiger partial charge is 0.313 e. The molecule has 1 rings (SSSR count). The molecule has 0 aliphatic heterocycles. The number of aryl methyl sites for hydroxylation is 1. The van der Waals surface area contributed by atoms with Gasteiger partial charge in [-0.05, 0) is 24.6 Å². The Morgan fingerprint density at radius 1 is 1.35 bits per heavy atom. The van der Waals surface area contributed by atoms with Crippen molar-refractivity contribution in [2.75, 3.05) is 31.7 Å². The third-order valence-corrected chi connectivity index (χ3v) is 3.46. The zero-order valence-corrected chi connectivity index (χ0v) is 12.5. The molecular formula is C14H19NO4S. The minimum absolute atomic E-state index is 0.0562. The van der Waals surface area contributed by atoms with Gasteiger partial charge in [0.25, 0.3) is 0 Å². The average Bonchev–Trinajstić information content (AvgIpc) is 2.38. The molecule has 0 radical (unpaired) electrons. The molecular weight excluding hydrogens is 278 g/mol. The molecule has 0 unspecified atom stereocenters. The molecule has 1 aromatic rings. The third-order valence-electron chi connectivity index (χ3n) is 2.56. The summed E-state index contributed by atoms with van der Waals surface area (Å²) in [5.74, 6) is -0.101. The van der Waals surface area contributed by atoms with Crippen molar-refractivity contribution >= 4 is 23.6 Å². The molecule has 1 amide bonds. The van der Waals surface area contributed by atoms with E-state index >= 15 is 0 Å². The van der Waals surface area contributed by atoms with Crippen LogP contribution >= 0.6 is 11.8 Å². The number of amides is 1. The summed E-state index contributed by atoms with van der Waals surface area (Å²) in [4.78, 5) is 23.6. The molecule has 0 aromatic heterocycles. The summed E-state index contributed by atoms with van der Waals surface area (Å²) in [6, 6.07) is 7.71. The molecule has 0 spiro atoms. The zero-order chi connectivity index (χ0) is 15.0. The molecule has 1 N–H and O–H groups in total. The van der Waals surface area contributed by atoms with Crippen LogP contribution in [0.3, 0.4) is 0 Å².